The molecule has 3 nitrogen and oxygen atoms in total. The molecule has 0 aliphatic rings. The molecule has 0 saturated heterocycles. The molecular weight excluding hydrogens is 156 g/mol. The SMILES string of the molecule is CCCOCC(O)(CC)COC. The van der Waals surface area contributed by atoms with Gasteiger partial charge in [-0.1, -0.05) is 13.8 Å². The van der Waals surface area contributed by atoms with Crippen LogP contribution in [0.3, 0.4) is 0 Å². The first-order valence-corrected chi connectivity index (χ1v) is 4.47. The second-order valence-electron chi connectivity index (χ2n) is 3.06. The van der Waals surface area contributed by atoms with Gasteiger partial charge in [0.2, 0.25) is 0 Å². The summed E-state index contributed by atoms with van der Waals surface area (Å²) in [5.74, 6) is 0. The summed E-state index contributed by atoms with van der Waals surface area (Å²) in [6.07, 6.45) is 1.64. The molecule has 1 unspecified atom stereocenters. The van der Waals surface area contributed by atoms with E-state index in [1.807, 2.05) is 13.8 Å². The van der Waals surface area contributed by atoms with Gasteiger partial charge in [0, 0.05) is 13.7 Å². The van der Waals surface area contributed by atoms with Gasteiger partial charge in [-0.2, -0.15) is 0 Å². The third-order valence-corrected chi connectivity index (χ3v) is 1.79. The van der Waals surface area contributed by atoms with Crippen LogP contribution in [0.25, 0.3) is 0 Å². The lowest BCUT2D eigenvalue weighted by molar-refractivity contribution is -0.0886. The van der Waals surface area contributed by atoms with E-state index in [1.165, 1.54) is 0 Å². The Kier molecular flexibility index (Phi) is 6.34. The summed E-state index contributed by atoms with van der Waals surface area (Å²) in [6.45, 7) is 5.38. The molecule has 0 aliphatic carbocycles. The van der Waals surface area contributed by atoms with Gasteiger partial charge < -0.3 is 14.6 Å². The molecule has 0 aliphatic heterocycles. The Bertz CT molecular complexity index is 106. The number of aliphatic hydroxyl groups is 1. The van der Waals surface area contributed by atoms with E-state index >= 15 is 0 Å². The molecule has 0 aromatic heterocycles. The second-order valence-corrected chi connectivity index (χ2v) is 3.06. The molecule has 0 aromatic rings. The van der Waals surface area contributed by atoms with E-state index in [4.69, 9.17) is 9.47 Å². The fraction of sp³-hybridized carbons (Fsp3) is 1.00. The first-order chi connectivity index (χ1) is 5.68. The van der Waals surface area contributed by atoms with Crippen LogP contribution < -0.4 is 0 Å². The van der Waals surface area contributed by atoms with Crippen molar-refractivity contribution in [3.8, 4) is 0 Å². The van der Waals surface area contributed by atoms with Gasteiger partial charge in [0.05, 0.1) is 13.2 Å². The average molecular weight is 176 g/mol. The molecule has 3 heteroatoms. The summed E-state index contributed by atoms with van der Waals surface area (Å²) in [4.78, 5) is 0. The largest absolute Gasteiger partial charge is 0.385 e. The van der Waals surface area contributed by atoms with Crippen molar-refractivity contribution < 1.29 is 14.6 Å². The fourth-order valence-electron chi connectivity index (χ4n) is 0.921. The number of hydrogen-bond acceptors (Lipinski definition) is 3. The molecule has 12 heavy (non-hydrogen) atoms. The summed E-state index contributed by atoms with van der Waals surface area (Å²) in [6, 6.07) is 0. The van der Waals surface area contributed by atoms with E-state index in [0.29, 0.717) is 26.2 Å². The van der Waals surface area contributed by atoms with E-state index in [1.54, 1.807) is 7.11 Å². The molecule has 0 amide bonds. The van der Waals surface area contributed by atoms with E-state index in [-0.39, 0.29) is 0 Å². The smallest absolute Gasteiger partial charge is 0.111 e. The summed E-state index contributed by atoms with van der Waals surface area (Å²) in [7, 11) is 1.58. The van der Waals surface area contributed by atoms with Gasteiger partial charge in [-0.15, -0.1) is 0 Å². The van der Waals surface area contributed by atoms with Crippen molar-refractivity contribution in [2.75, 3.05) is 26.9 Å². The molecule has 0 heterocycles. The Hall–Kier alpha value is -0.120. The summed E-state index contributed by atoms with van der Waals surface area (Å²) in [5.41, 5.74) is -0.802. The van der Waals surface area contributed by atoms with Crippen LogP contribution in [-0.4, -0.2) is 37.6 Å². The highest BCUT2D eigenvalue weighted by Crippen LogP contribution is 2.10. The van der Waals surface area contributed by atoms with Gasteiger partial charge in [-0.05, 0) is 12.8 Å². The van der Waals surface area contributed by atoms with E-state index in [2.05, 4.69) is 0 Å². The Balaban J connectivity index is 3.63. The van der Waals surface area contributed by atoms with Gasteiger partial charge >= 0.3 is 0 Å². The average Bonchev–Trinajstić information content (AvgIpc) is 2.06. The minimum Gasteiger partial charge on any atom is -0.385 e. The molecule has 0 saturated carbocycles. The fourth-order valence-corrected chi connectivity index (χ4v) is 0.921. The van der Waals surface area contributed by atoms with Gasteiger partial charge in [0.25, 0.3) is 0 Å². The lowest BCUT2D eigenvalue weighted by atomic mass is 10.0. The Labute approximate surface area is 74.7 Å². The van der Waals surface area contributed by atoms with Crippen molar-refractivity contribution in [1.82, 2.24) is 0 Å². The minimum atomic E-state index is -0.802. The van der Waals surface area contributed by atoms with E-state index in [0.717, 1.165) is 6.42 Å². The first-order valence-electron chi connectivity index (χ1n) is 4.47. The van der Waals surface area contributed by atoms with Crippen molar-refractivity contribution >= 4 is 0 Å². The monoisotopic (exact) mass is 176 g/mol. The van der Waals surface area contributed by atoms with Crippen LogP contribution >= 0.6 is 0 Å². The zero-order chi connectivity index (χ0) is 9.45. The molecule has 0 rings (SSSR count). The van der Waals surface area contributed by atoms with Crippen LogP contribution in [0.2, 0.25) is 0 Å². The molecule has 74 valence electrons. The van der Waals surface area contributed by atoms with Crippen molar-refractivity contribution in [1.29, 1.82) is 0 Å². The molecule has 0 radical (unpaired) electrons. The van der Waals surface area contributed by atoms with Crippen LogP contribution in [0.1, 0.15) is 26.7 Å². The van der Waals surface area contributed by atoms with Gasteiger partial charge in [0.1, 0.15) is 5.60 Å². The predicted octanol–water partition coefficient (Wildman–Crippen LogP) is 1.20. The normalized spacial score (nSPS) is 16.0. The maximum atomic E-state index is 9.80. The Morgan fingerprint density at radius 2 is 1.92 bits per heavy atom. The minimum absolute atomic E-state index is 0.340. The maximum absolute atomic E-state index is 9.80. The summed E-state index contributed by atoms with van der Waals surface area (Å²) >= 11 is 0. The molecule has 0 fully saturated rings. The summed E-state index contributed by atoms with van der Waals surface area (Å²) < 4.78 is 10.2. The van der Waals surface area contributed by atoms with Crippen LogP contribution in [0.15, 0.2) is 0 Å². The molecule has 0 aromatic carbocycles. The van der Waals surface area contributed by atoms with Gasteiger partial charge in [-0.3, -0.25) is 0 Å². The van der Waals surface area contributed by atoms with E-state index in [9.17, 15) is 5.11 Å². The van der Waals surface area contributed by atoms with Crippen LogP contribution in [-0.2, 0) is 9.47 Å². The first kappa shape index (κ1) is 11.9. The van der Waals surface area contributed by atoms with Gasteiger partial charge in [-0.25, -0.2) is 0 Å². The van der Waals surface area contributed by atoms with E-state index < -0.39 is 5.60 Å². The number of hydrogen-bond donors (Lipinski definition) is 1. The Morgan fingerprint density at radius 3 is 2.33 bits per heavy atom. The van der Waals surface area contributed by atoms with Crippen LogP contribution in [0.5, 0.6) is 0 Å². The highest BCUT2D eigenvalue weighted by atomic mass is 16.5. The zero-order valence-corrected chi connectivity index (χ0v) is 8.30. The van der Waals surface area contributed by atoms with Crippen molar-refractivity contribution in [3.05, 3.63) is 0 Å². The third kappa shape index (κ3) is 4.70. The molecule has 0 spiro atoms. The maximum Gasteiger partial charge on any atom is 0.111 e. The molecule has 0 bridgehead atoms. The highest BCUT2D eigenvalue weighted by Gasteiger charge is 2.24. The van der Waals surface area contributed by atoms with Crippen molar-refractivity contribution in [3.63, 3.8) is 0 Å². The summed E-state index contributed by atoms with van der Waals surface area (Å²) in [5, 5.41) is 9.80. The lowest BCUT2D eigenvalue weighted by Gasteiger charge is -2.25. The molecular formula is C9H20O3. The lowest BCUT2D eigenvalue weighted by Crippen LogP contribution is -2.38. The molecule has 1 atom stereocenters. The Morgan fingerprint density at radius 1 is 1.25 bits per heavy atom. The quantitative estimate of drug-likeness (QED) is 0.592. The zero-order valence-electron chi connectivity index (χ0n) is 8.30. The topological polar surface area (TPSA) is 38.7 Å². The van der Waals surface area contributed by atoms with Crippen LogP contribution in [0, 0.1) is 0 Å². The van der Waals surface area contributed by atoms with Crippen molar-refractivity contribution in [2.45, 2.75) is 32.3 Å². The number of ether oxygens (including phenoxy) is 2. The predicted molar refractivity (Wildman–Crippen MR) is 48.2 cm³/mol. The molecule has 1 N–H and O–H groups in total. The van der Waals surface area contributed by atoms with Crippen molar-refractivity contribution in [2.24, 2.45) is 0 Å². The number of methoxy groups -OCH3 is 1. The second kappa shape index (κ2) is 6.40. The standard InChI is InChI=1S/C9H20O3/c1-4-6-12-8-9(10,5-2)7-11-3/h10H,4-8H2,1-3H3. The van der Waals surface area contributed by atoms with Crippen LogP contribution in [0.4, 0.5) is 0 Å². The van der Waals surface area contributed by atoms with Gasteiger partial charge in [0.15, 0.2) is 0 Å². The number of rotatable bonds is 7. The highest BCUT2D eigenvalue weighted by molar-refractivity contribution is 4.75. The third-order valence-electron chi connectivity index (χ3n) is 1.79.